The maximum Gasteiger partial charge on any atom is 0.446 e. The highest BCUT2D eigenvalue weighted by molar-refractivity contribution is 9.10. The van der Waals surface area contributed by atoms with Gasteiger partial charge < -0.3 is 5.32 Å². The first kappa shape index (κ1) is 23.9. The first-order chi connectivity index (χ1) is 14.7. The molecule has 2 aromatic heterocycles. The van der Waals surface area contributed by atoms with Gasteiger partial charge >= 0.3 is 6.18 Å². The Hall–Kier alpha value is -3.39. The molecule has 0 radical (unpaired) electrons. The first-order valence-corrected chi connectivity index (χ1v) is 8.95. The Labute approximate surface area is 180 Å². The molecule has 0 saturated heterocycles. The molecule has 0 unspecified atom stereocenters. The fourth-order valence-corrected chi connectivity index (χ4v) is 2.33. The molecule has 0 amide bonds. The number of anilines is 1. The van der Waals surface area contributed by atoms with E-state index < -0.39 is 18.3 Å². The number of aliphatic imine (C=N–C) groups is 1. The summed E-state index contributed by atoms with van der Waals surface area (Å²) < 4.78 is 49.5. The standard InChI is InChI=1S/C15H12BrFN6O2.C2HF3O/c16-11-6-10(3-4-12(11)17)20-15(21-24)13-14(23-25-22-13)19-8-9-2-1-5-18-7-9;3-2(4,5)1-6/h1-7,24H,8H2,(H,19,23)(H,20,21);1H. The van der Waals surface area contributed by atoms with Crippen LogP contribution in [0.3, 0.4) is 0 Å². The predicted molar refractivity (Wildman–Crippen MR) is 103 cm³/mol. The van der Waals surface area contributed by atoms with Crippen molar-refractivity contribution in [1.29, 1.82) is 0 Å². The molecule has 1 aromatic carbocycles. The lowest BCUT2D eigenvalue weighted by atomic mass is 10.3. The van der Waals surface area contributed by atoms with Gasteiger partial charge in [0.05, 0.1) is 10.2 Å². The number of aromatic nitrogens is 3. The molecule has 3 N–H and O–H groups in total. The van der Waals surface area contributed by atoms with Gasteiger partial charge in [0.15, 0.2) is 11.5 Å². The maximum absolute atomic E-state index is 13.3. The molecule has 9 nitrogen and oxygen atoms in total. The Morgan fingerprint density at radius 1 is 1.29 bits per heavy atom. The lowest BCUT2D eigenvalue weighted by molar-refractivity contribution is -0.156. The van der Waals surface area contributed by atoms with Crippen LogP contribution in [0.25, 0.3) is 0 Å². The summed E-state index contributed by atoms with van der Waals surface area (Å²) in [6, 6.07) is 7.87. The predicted octanol–water partition coefficient (Wildman–Crippen LogP) is 3.78. The Kier molecular flexibility index (Phi) is 8.57. The van der Waals surface area contributed by atoms with Crippen LogP contribution in [0.15, 0.2) is 56.8 Å². The molecule has 2 heterocycles. The topological polar surface area (TPSA) is 126 Å². The monoisotopic (exact) mass is 504 g/mol. The molecule has 0 atom stereocenters. The van der Waals surface area contributed by atoms with Crippen molar-refractivity contribution in [3.8, 4) is 0 Å². The summed E-state index contributed by atoms with van der Waals surface area (Å²) in [6.45, 7) is 0.426. The lowest BCUT2D eigenvalue weighted by Crippen LogP contribution is -2.22. The van der Waals surface area contributed by atoms with Crippen LogP contribution in [0, 0.1) is 5.82 Å². The number of nitrogens with zero attached hydrogens (tertiary/aromatic N) is 4. The van der Waals surface area contributed by atoms with E-state index in [-0.39, 0.29) is 21.8 Å². The second kappa shape index (κ2) is 11.1. The Morgan fingerprint density at radius 3 is 2.61 bits per heavy atom. The van der Waals surface area contributed by atoms with Gasteiger partial charge in [-0.25, -0.2) is 14.0 Å². The minimum atomic E-state index is -4.64. The number of pyridine rings is 1. The van der Waals surface area contributed by atoms with Crippen LogP contribution >= 0.6 is 15.9 Å². The SMILES string of the molecule is O=CC(F)(F)F.ONC(=Nc1ccc(F)c(Br)c1)c1nonc1NCc1cccnc1. The van der Waals surface area contributed by atoms with Gasteiger partial charge in [0.2, 0.25) is 12.1 Å². The van der Waals surface area contributed by atoms with Crippen LogP contribution in [0.2, 0.25) is 0 Å². The summed E-state index contributed by atoms with van der Waals surface area (Å²) in [5.74, 6) is -0.141. The highest BCUT2D eigenvalue weighted by Crippen LogP contribution is 2.23. The third-order valence-electron chi connectivity index (χ3n) is 3.28. The molecule has 14 heteroatoms. The summed E-state index contributed by atoms with van der Waals surface area (Å²) in [5.41, 5.74) is 3.44. The largest absolute Gasteiger partial charge is 0.446 e. The van der Waals surface area contributed by atoms with Crippen LogP contribution < -0.4 is 10.8 Å². The Morgan fingerprint density at radius 2 is 2.03 bits per heavy atom. The van der Waals surface area contributed by atoms with Crippen molar-refractivity contribution >= 4 is 39.6 Å². The van der Waals surface area contributed by atoms with E-state index in [1.54, 1.807) is 12.4 Å². The minimum Gasteiger partial charge on any atom is -0.361 e. The molecule has 0 fully saturated rings. The number of hydroxylamine groups is 1. The van der Waals surface area contributed by atoms with Gasteiger partial charge in [0.25, 0.3) is 0 Å². The fourth-order valence-electron chi connectivity index (χ4n) is 1.96. The van der Waals surface area contributed by atoms with E-state index in [0.29, 0.717) is 12.2 Å². The second-order valence-corrected chi connectivity index (χ2v) is 6.36. The zero-order chi connectivity index (χ0) is 22.9. The van der Waals surface area contributed by atoms with Gasteiger partial charge in [-0.1, -0.05) is 6.07 Å². The first-order valence-electron chi connectivity index (χ1n) is 8.16. The molecule has 3 rings (SSSR count). The summed E-state index contributed by atoms with van der Waals surface area (Å²) in [5, 5.41) is 19.9. The van der Waals surface area contributed by atoms with Crippen molar-refractivity contribution in [2.24, 2.45) is 4.99 Å². The minimum absolute atomic E-state index is 0.00607. The zero-order valence-electron chi connectivity index (χ0n) is 15.3. The van der Waals surface area contributed by atoms with Crippen molar-refractivity contribution in [1.82, 2.24) is 20.8 Å². The molecule has 0 bridgehead atoms. The van der Waals surface area contributed by atoms with Crippen LogP contribution in [-0.2, 0) is 11.3 Å². The molecule has 0 aliphatic rings. The van der Waals surface area contributed by atoms with E-state index in [2.05, 4.69) is 41.5 Å². The van der Waals surface area contributed by atoms with Crippen LogP contribution in [0.5, 0.6) is 0 Å². The number of nitrogens with one attached hydrogen (secondary N) is 2. The number of alkyl halides is 3. The molecule has 31 heavy (non-hydrogen) atoms. The van der Waals surface area contributed by atoms with Crippen molar-refractivity contribution in [2.75, 3.05) is 5.32 Å². The van der Waals surface area contributed by atoms with Gasteiger partial charge in [-0.05, 0) is 56.1 Å². The molecule has 164 valence electrons. The van der Waals surface area contributed by atoms with Crippen LogP contribution in [0.1, 0.15) is 11.3 Å². The lowest BCUT2D eigenvalue weighted by Gasteiger charge is -2.06. The molecule has 3 aromatic rings. The van der Waals surface area contributed by atoms with Gasteiger partial charge in [-0.3, -0.25) is 20.5 Å². The normalized spacial score (nSPS) is 11.4. The van der Waals surface area contributed by atoms with Crippen molar-refractivity contribution < 1.29 is 32.2 Å². The van der Waals surface area contributed by atoms with E-state index in [0.717, 1.165) is 5.56 Å². The number of hydrogen-bond donors (Lipinski definition) is 3. The van der Waals surface area contributed by atoms with Crippen molar-refractivity contribution in [2.45, 2.75) is 12.7 Å². The van der Waals surface area contributed by atoms with Gasteiger partial charge in [0, 0.05) is 18.9 Å². The highest BCUT2D eigenvalue weighted by atomic mass is 79.9. The summed E-state index contributed by atoms with van der Waals surface area (Å²) in [4.78, 5) is 16.9. The molecular weight excluding hydrogens is 492 g/mol. The van der Waals surface area contributed by atoms with Crippen molar-refractivity contribution in [3.05, 3.63) is 64.3 Å². The number of hydrogen-bond acceptors (Lipinski definition) is 8. The Bertz CT molecular complexity index is 1030. The molecule has 0 spiro atoms. The maximum atomic E-state index is 13.3. The van der Waals surface area contributed by atoms with E-state index >= 15 is 0 Å². The number of amidine groups is 1. The van der Waals surface area contributed by atoms with Gasteiger partial charge in [0.1, 0.15) is 5.82 Å². The number of carbonyl (C=O) groups excluding carboxylic acids is 1. The highest BCUT2D eigenvalue weighted by Gasteiger charge is 2.24. The third kappa shape index (κ3) is 7.75. The molecule has 0 aliphatic carbocycles. The molecule has 0 aliphatic heterocycles. The smallest absolute Gasteiger partial charge is 0.361 e. The van der Waals surface area contributed by atoms with E-state index in [4.69, 9.17) is 9.42 Å². The van der Waals surface area contributed by atoms with Crippen LogP contribution in [-0.4, -0.2) is 38.8 Å². The van der Waals surface area contributed by atoms with E-state index in [1.165, 1.54) is 18.2 Å². The number of halogens is 5. The quantitative estimate of drug-likeness (QED) is 0.157. The third-order valence-corrected chi connectivity index (χ3v) is 3.89. The number of aldehydes is 1. The number of carbonyl (C=O) groups is 1. The molecule has 0 saturated carbocycles. The number of rotatable bonds is 5. The summed E-state index contributed by atoms with van der Waals surface area (Å²) in [7, 11) is 0. The average molecular weight is 505 g/mol. The molecular formula is C17H13BrF4N6O3. The van der Waals surface area contributed by atoms with Gasteiger partial charge in [-0.15, -0.1) is 0 Å². The fraction of sp³-hybridized carbons (Fsp3) is 0.118. The van der Waals surface area contributed by atoms with Crippen molar-refractivity contribution in [3.63, 3.8) is 0 Å². The zero-order valence-corrected chi connectivity index (χ0v) is 16.9. The van der Waals surface area contributed by atoms with E-state index in [1.807, 2.05) is 17.6 Å². The second-order valence-electron chi connectivity index (χ2n) is 5.51. The average Bonchev–Trinajstić information content (AvgIpc) is 3.22. The Balaban J connectivity index is 0.000000501. The van der Waals surface area contributed by atoms with Gasteiger partial charge in [-0.2, -0.15) is 13.2 Å². The van der Waals surface area contributed by atoms with Crippen LogP contribution in [0.4, 0.5) is 29.1 Å². The van der Waals surface area contributed by atoms with E-state index in [9.17, 15) is 22.8 Å². The summed E-state index contributed by atoms with van der Waals surface area (Å²) in [6.07, 6.45) is -2.32. The number of benzene rings is 1. The summed E-state index contributed by atoms with van der Waals surface area (Å²) >= 11 is 3.08.